The minimum atomic E-state index is 0.0542. The summed E-state index contributed by atoms with van der Waals surface area (Å²) >= 11 is 0. The van der Waals surface area contributed by atoms with Crippen molar-refractivity contribution in [1.82, 2.24) is 24.5 Å². The van der Waals surface area contributed by atoms with Crippen molar-refractivity contribution in [3.05, 3.63) is 53.9 Å². The molecule has 1 fully saturated rings. The predicted octanol–water partition coefficient (Wildman–Crippen LogP) is 2.47. The summed E-state index contributed by atoms with van der Waals surface area (Å²) in [5.74, 6) is 0. The van der Waals surface area contributed by atoms with Crippen molar-refractivity contribution in [3.63, 3.8) is 0 Å². The average Bonchev–Trinajstić information content (AvgIpc) is 3.26. The van der Waals surface area contributed by atoms with Gasteiger partial charge in [0.2, 0.25) is 0 Å². The fraction of sp³-hybridized carbons (Fsp3) is 0.444. The van der Waals surface area contributed by atoms with Crippen molar-refractivity contribution in [2.24, 2.45) is 0 Å². The van der Waals surface area contributed by atoms with Crippen molar-refractivity contribution in [2.75, 3.05) is 13.2 Å². The molecule has 24 heavy (non-hydrogen) atoms. The molecule has 0 aliphatic carbocycles. The molecule has 3 aromatic rings. The van der Waals surface area contributed by atoms with Crippen LogP contribution in [-0.4, -0.2) is 32.3 Å². The van der Waals surface area contributed by atoms with Gasteiger partial charge in [-0.15, -0.1) is 0 Å². The first-order chi connectivity index (χ1) is 11.9. The maximum Gasteiger partial charge on any atom is 0.135 e. The molecule has 0 bridgehead atoms. The van der Waals surface area contributed by atoms with Gasteiger partial charge in [0.25, 0.3) is 0 Å². The Hall–Kier alpha value is -2.18. The van der Waals surface area contributed by atoms with Crippen molar-refractivity contribution in [3.8, 4) is 0 Å². The Labute approximate surface area is 140 Å². The van der Waals surface area contributed by atoms with Crippen molar-refractivity contribution < 1.29 is 4.74 Å². The Balaban J connectivity index is 1.53. The van der Waals surface area contributed by atoms with E-state index in [1.807, 2.05) is 29.2 Å². The van der Waals surface area contributed by atoms with Crippen LogP contribution in [0.2, 0.25) is 0 Å². The van der Waals surface area contributed by atoms with Crippen LogP contribution < -0.4 is 5.32 Å². The van der Waals surface area contributed by atoms with E-state index in [0.717, 1.165) is 42.9 Å². The molecule has 3 aromatic heterocycles. The molecule has 6 heteroatoms. The summed E-state index contributed by atoms with van der Waals surface area (Å²) in [5.41, 5.74) is 4.52. The lowest BCUT2D eigenvalue weighted by atomic mass is 10.0. The van der Waals surface area contributed by atoms with Gasteiger partial charge in [0.15, 0.2) is 0 Å². The highest BCUT2D eigenvalue weighted by molar-refractivity contribution is 5.49. The highest BCUT2D eigenvalue weighted by Gasteiger charge is 2.30. The number of fused-ring (bicyclic) bond motifs is 2. The van der Waals surface area contributed by atoms with Crippen LogP contribution in [0.3, 0.4) is 0 Å². The van der Waals surface area contributed by atoms with Gasteiger partial charge >= 0.3 is 0 Å². The molecule has 5 rings (SSSR count). The minimum Gasteiger partial charge on any atom is -0.358 e. The molecule has 2 atom stereocenters. The van der Waals surface area contributed by atoms with E-state index in [9.17, 15) is 0 Å². The maximum atomic E-state index is 5.96. The fourth-order valence-electron chi connectivity index (χ4n) is 3.87. The third-order valence-electron chi connectivity index (χ3n) is 5.06. The standard InChI is InChI=1S/C18H21N5O/c1-3-9-23-13(5-1)11-14(21-23)17-18-15(7-8-19-17)22(12-20-18)16-6-2-4-10-24-16/h1,3,5,9,11-12,16-17,19H,2,4,6-8,10H2. The number of aromatic nitrogens is 4. The third-order valence-corrected chi connectivity index (χ3v) is 5.06. The molecule has 2 aliphatic rings. The Morgan fingerprint density at radius 2 is 2.25 bits per heavy atom. The first-order valence-electron chi connectivity index (χ1n) is 8.75. The quantitative estimate of drug-likeness (QED) is 0.787. The molecule has 0 amide bonds. The summed E-state index contributed by atoms with van der Waals surface area (Å²) < 4.78 is 10.1. The predicted molar refractivity (Wildman–Crippen MR) is 89.8 cm³/mol. The number of hydrogen-bond donors (Lipinski definition) is 1. The number of nitrogens with one attached hydrogen (secondary N) is 1. The van der Waals surface area contributed by atoms with Crippen LogP contribution >= 0.6 is 0 Å². The highest BCUT2D eigenvalue weighted by atomic mass is 16.5. The lowest BCUT2D eigenvalue weighted by molar-refractivity contribution is -0.0336. The number of imidazole rings is 1. The van der Waals surface area contributed by atoms with E-state index in [1.165, 1.54) is 18.5 Å². The van der Waals surface area contributed by atoms with Gasteiger partial charge in [0, 0.05) is 31.5 Å². The highest BCUT2D eigenvalue weighted by Crippen LogP contribution is 2.31. The summed E-state index contributed by atoms with van der Waals surface area (Å²) in [6.07, 6.45) is 8.54. The molecule has 0 saturated carbocycles. The van der Waals surface area contributed by atoms with E-state index in [1.54, 1.807) is 0 Å². The second-order valence-corrected chi connectivity index (χ2v) is 6.58. The lowest BCUT2D eigenvalue weighted by Crippen LogP contribution is -2.32. The van der Waals surface area contributed by atoms with Gasteiger partial charge in [-0.05, 0) is 37.5 Å². The van der Waals surface area contributed by atoms with Gasteiger partial charge in [0.05, 0.1) is 29.3 Å². The number of hydrogen-bond acceptors (Lipinski definition) is 4. The molecule has 6 nitrogen and oxygen atoms in total. The van der Waals surface area contributed by atoms with E-state index in [4.69, 9.17) is 14.8 Å². The molecule has 1 N–H and O–H groups in total. The van der Waals surface area contributed by atoms with Crippen molar-refractivity contribution in [2.45, 2.75) is 38.0 Å². The van der Waals surface area contributed by atoms with E-state index in [-0.39, 0.29) is 12.3 Å². The van der Waals surface area contributed by atoms with Crippen LogP contribution in [0.1, 0.15) is 48.6 Å². The maximum absolute atomic E-state index is 5.96. The zero-order chi connectivity index (χ0) is 15.9. The summed E-state index contributed by atoms with van der Waals surface area (Å²) in [6.45, 7) is 1.79. The van der Waals surface area contributed by atoms with Gasteiger partial charge in [-0.1, -0.05) is 6.07 Å². The summed E-state index contributed by atoms with van der Waals surface area (Å²) in [4.78, 5) is 4.73. The monoisotopic (exact) mass is 323 g/mol. The number of rotatable bonds is 2. The molecule has 1 saturated heterocycles. The zero-order valence-corrected chi connectivity index (χ0v) is 13.6. The molecule has 2 aliphatic heterocycles. The van der Waals surface area contributed by atoms with Crippen molar-refractivity contribution >= 4 is 5.52 Å². The Kier molecular flexibility index (Phi) is 3.38. The Bertz CT molecular complexity index is 828. The van der Waals surface area contributed by atoms with Crippen LogP contribution in [-0.2, 0) is 11.2 Å². The molecule has 0 spiro atoms. The molecule has 124 valence electrons. The van der Waals surface area contributed by atoms with E-state index >= 15 is 0 Å². The van der Waals surface area contributed by atoms with Crippen LogP contribution in [0.25, 0.3) is 5.52 Å². The van der Waals surface area contributed by atoms with Crippen LogP contribution in [0.15, 0.2) is 36.8 Å². The van der Waals surface area contributed by atoms with Crippen molar-refractivity contribution in [1.29, 1.82) is 0 Å². The minimum absolute atomic E-state index is 0.0542. The third kappa shape index (κ3) is 2.25. The Morgan fingerprint density at radius 1 is 1.25 bits per heavy atom. The number of ether oxygens (including phenoxy) is 1. The van der Waals surface area contributed by atoms with Crippen LogP contribution in [0.5, 0.6) is 0 Å². The normalized spacial score (nSPS) is 24.2. The number of pyridine rings is 1. The van der Waals surface area contributed by atoms with Crippen LogP contribution in [0.4, 0.5) is 0 Å². The molecular weight excluding hydrogens is 302 g/mol. The lowest BCUT2D eigenvalue weighted by Gasteiger charge is -2.28. The summed E-state index contributed by atoms with van der Waals surface area (Å²) in [5, 5.41) is 8.31. The van der Waals surface area contributed by atoms with E-state index < -0.39 is 0 Å². The largest absolute Gasteiger partial charge is 0.358 e. The smallest absolute Gasteiger partial charge is 0.135 e. The molecule has 0 aromatic carbocycles. The summed E-state index contributed by atoms with van der Waals surface area (Å²) in [6, 6.07) is 8.31. The van der Waals surface area contributed by atoms with Gasteiger partial charge < -0.3 is 14.6 Å². The molecular formula is C18H21N5O. The number of nitrogens with zero attached hydrogens (tertiary/aromatic N) is 4. The summed E-state index contributed by atoms with van der Waals surface area (Å²) in [7, 11) is 0. The second kappa shape index (κ2) is 5.72. The van der Waals surface area contributed by atoms with Gasteiger partial charge in [-0.2, -0.15) is 5.10 Å². The first kappa shape index (κ1) is 14.2. The second-order valence-electron chi connectivity index (χ2n) is 6.58. The molecule has 5 heterocycles. The fourth-order valence-corrected chi connectivity index (χ4v) is 3.87. The van der Waals surface area contributed by atoms with E-state index in [2.05, 4.69) is 22.0 Å². The topological polar surface area (TPSA) is 56.4 Å². The van der Waals surface area contributed by atoms with E-state index in [0.29, 0.717) is 0 Å². The zero-order valence-electron chi connectivity index (χ0n) is 13.6. The van der Waals surface area contributed by atoms with Gasteiger partial charge in [0.1, 0.15) is 6.23 Å². The van der Waals surface area contributed by atoms with Crippen LogP contribution in [0, 0.1) is 0 Å². The SMILES string of the molecule is c1ccn2nc(C3NCCc4c3ncn4C3CCCCO3)cc2c1. The van der Waals surface area contributed by atoms with Gasteiger partial charge in [-0.25, -0.2) is 9.50 Å². The van der Waals surface area contributed by atoms with Gasteiger partial charge in [-0.3, -0.25) is 0 Å². The first-order valence-corrected chi connectivity index (χ1v) is 8.75. The Morgan fingerprint density at radius 3 is 3.12 bits per heavy atom. The molecule has 0 radical (unpaired) electrons. The average molecular weight is 323 g/mol. The molecule has 2 unspecified atom stereocenters.